The highest BCUT2D eigenvalue weighted by Crippen LogP contribution is 2.40. The summed E-state index contributed by atoms with van der Waals surface area (Å²) in [6, 6.07) is 7.49. The monoisotopic (exact) mass is 345 g/mol. The molecule has 2 heterocycles. The lowest BCUT2D eigenvalue weighted by Gasteiger charge is -2.47. The van der Waals surface area contributed by atoms with Crippen molar-refractivity contribution in [2.24, 2.45) is 11.1 Å². The van der Waals surface area contributed by atoms with Crippen molar-refractivity contribution in [1.82, 2.24) is 9.80 Å². The van der Waals surface area contributed by atoms with E-state index in [4.69, 9.17) is 10.8 Å². The first-order valence-corrected chi connectivity index (χ1v) is 9.01. The summed E-state index contributed by atoms with van der Waals surface area (Å²) >= 11 is 0. The lowest BCUT2D eigenvalue weighted by Crippen LogP contribution is -2.51. The third-order valence-corrected chi connectivity index (χ3v) is 5.68. The molecule has 3 rings (SSSR count). The lowest BCUT2D eigenvalue weighted by atomic mass is 9.72. The fourth-order valence-electron chi connectivity index (χ4n) is 4.05. The number of primary amides is 1. The molecule has 3 N–H and O–H groups in total. The van der Waals surface area contributed by atoms with Crippen LogP contribution in [-0.2, 0) is 11.3 Å². The molecule has 6 heteroatoms. The third-order valence-electron chi connectivity index (χ3n) is 5.68. The SMILES string of the molecule is NC(=O)c1ccc(CN2CCC3(CCC(=O)N(CCO)C3)CC2)cc1. The Morgan fingerprint density at radius 3 is 2.44 bits per heavy atom. The molecule has 2 aliphatic rings. The van der Waals surface area contributed by atoms with Crippen LogP contribution >= 0.6 is 0 Å². The molecule has 2 saturated heterocycles. The molecule has 0 unspecified atom stereocenters. The molecule has 2 aliphatic heterocycles. The summed E-state index contributed by atoms with van der Waals surface area (Å²) in [5, 5.41) is 9.15. The minimum Gasteiger partial charge on any atom is -0.395 e. The quantitative estimate of drug-likeness (QED) is 0.833. The number of rotatable bonds is 5. The molecule has 6 nitrogen and oxygen atoms in total. The van der Waals surface area contributed by atoms with Crippen molar-refractivity contribution >= 4 is 11.8 Å². The van der Waals surface area contributed by atoms with Gasteiger partial charge in [0.05, 0.1) is 6.61 Å². The summed E-state index contributed by atoms with van der Waals surface area (Å²) < 4.78 is 0. The molecule has 0 atom stereocenters. The average molecular weight is 345 g/mol. The van der Waals surface area contributed by atoms with Gasteiger partial charge in [0.2, 0.25) is 11.8 Å². The number of carbonyl (C=O) groups is 2. The van der Waals surface area contributed by atoms with E-state index in [9.17, 15) is 9.59 Å². The zero-order chi connectivity index (χ0) is 17.9. The van der Waals surface area contributed by atoms with Crippen LogP contribution in [0.25, 0.3) is 0 Å². The van der Waals surface area contributed by atoms with Crippen LogP contribution in [0.3, 0.4) is 0 Å². The fourth-order valence-corrected chi connectivity index (χ4v) is 4.05. The van der Waals surface area contributed by atoms with E-state index < -0.39 is 5.91 Å². The predicted molar refractivity (Wildman–Crippen MR) is 94.8 cm³/mol. The zero-order valence-corrected chi connectivity index (χ0v) is 14.6. The van der Waals surface area contributed by atoms with Gasteiger partial charge >= 0.3 is 0 Å². The van der Waals surface area contributed by atoms with Gasteiger partial charge in [-0.3, -0.25) is 14.5 Å². The van der Waals surface area contributed by atoms with Crippen LogP contribution < -0.4 is 5.73 Å². The maximum Gasteiger partial charge on any atom is 0.248 e. The Hall–Kier alpha value is -1.92. The van der Waals surface area contributed by atoms with Gasteiger partial charge in [-0.2, -0.15) is 0 Å². The fraction of sp³-hybridized carbons (Fsp3) is 0.579. The van der Waals surface area contributed by atoms with Gasteiger partial charge in [-0.1, -0.05) is 12.1 Å². The van der Waals surface area contributed by atoms with Crippen molar-refractivity contribution in [3.63, 3.8) is 0 Å². The van der Waals surface area contributed by atoms with Crippen LogP contribution in [0.15, 0.2) is 24.3 Å². The number of nitrogens with zero attached hydrogens (tertiary/aromatic N) is 2. The van der Waals surface area contributed by atoms with Gasteiger partial charge in [-0.05, 0) is 55.5 Å². The topological polar surface area (TPSA) is 86.9 Å². The van der Waals surface area contributed by atoms with Crippen molar-refractivity contribution in [3.8, 4) is 0 Å². The number of β-amino-alcohol motifs (C(OH)–C–C–N with tert-alkyl or cyclic N) is 1. The van der Waals surface area contributed by atoms with E-state index in [1.807, 2.05) is 17.0 Å². The second kappa shape index (κ2) is 7.54. The van der Waals surface area contributed by atoms with Gasteiger partial charge in [-0.15, -0.1) is 0 Å². The Morgan fingerprint density at radius 2 is 1.84 bits per heavy atom. The lowest BCUT2D eigenvalue weighted by molar-refractivity contribution is -0.139. The summed E-state index contributed by atoms with van der Waals surface area (Å²) in [5.74, 6) is -0.220. The van der Waals surface area contributed by atoms with Crippen molar-refractivity contribution in [3.05, 3.63) is 35.4 Å². The summed E-state index contributed by atoms with van der Waals surface area (Å²) in [4.78, 5) is 27.4. The van der Waals surface area contributed by atoms with Gasteiger partial charge in [0, 0.05) is 31.6 Å². The first-order valence-electron chi connectivity index (χ1n) is 9.01. The second-order valence-corrected chi connectivity index (χ2v) is 7.38. The van der Waals surface area contributed by atoms with Gasteiger partial charge in [-0.25, -0.2) is 0 Å². The Labute approximate surface area is 148 Å². The molecule has 2 fully saturated rings. The van der Waals surface area contributed by atoms with Crippen LogP contribution in [0.1, 0.15) is 41.6 Å². The summed E-state index contributed by atoms with van der Waals surface area (Å²) in [5.41, 5.74) is 7.22. The molecule has 1 aromatic rings. The highest BCUT2D eigenvalue weighted by Gasteiger charge is 2.40. The third kappa shape index (κ3) is 4.19. The largest absolute Gasteiger partial charge is 0.395 e. The van der Waals surface area contributed by atoms with E-state index in [0.29, 0.717) is 18.5 Å². The van der Waals surface area contributed by atoms with Gasteiger partial charge in [0.15, 0.2) is 0 Å². The Balaban J connectivity index is 1.54. The number of benzene rings is 1. The number of aliphatic hydroxyl groups excluding tert-OH is 1. The van der Waals surface area contributed by atoms with Crippen LogP contribution in [0.5, 0.6) is 0 Å². The van der Waals surface area contributed by atoms with Crippen molar-refractivity contribution in [2.45, 2.75) is 32.2 Å². The Bertz CT molecular complexity index is 621. The molecule has 0 radical (unpaired) electrons. The van der Waals surface area contributed by atoms with Crippen LogP contribution in [0.4, 0.5) is 0 Å². The Kier molecular flexibility index (Phi) is 5.39. The minimum absolute atomic E-state index is 0.0369. The number of hydrogen-bond acceptors (Lipinski definition) is 4. The number of carbonyl (C=O) groups excluding carboxylic acids is 2. The molecule has 0 aromatic heterocycles. The van der Waals surface area contributed by atoms with Crippen LogP contribution in [-0.4, -0.2) is 59.5 Å². The molecule has 2 amide bonds. The molecular weight excluding hydrogens is 318 g/mol. The molecule has 0 aliphatic carbocycles. The van der Waals surface area contributed by atoms with Crippen LogP contribution in [0.2, 0.25) is 0 Å². The highest BCUT2D eigenvalue weighted by molar-refractivity contribution is 5.92. The first-order chi connectivity index (χ1) is 12.0. The first kappa shape index (κ1) is 17.9. The summed E-state index contributed by atoms with van der Waals surface area (Å²) in [6.45, 7) is 4.17. The number of amides is 2. The summed E-state index contributed by atoms with van der Waals surface area (Å²) in [7, 11) is 0. The number of piperidine rings is 2. The van der Waals surface area contributed by atoms with Crippen molar-refractivity contribution in [1.29, 1.82) is 0 Å². The number of nitrogens with two attached hydrogens (primary N) is 1. The predicted octanol–water partition coefficient (Wildman–Crippen LogP) is 0.982. The van der Waals surface area contributed by atoms with E-state index in [1.165, 1.54) is 5.56 Å². The highest BCUT2D eigenvalue weighted by atomic mass is 16.3. The summed E-state index contributed by atoms with van der Waals surface area (Å²) in [6.07, 6.45) is 3.74. The minimum atomic E-state index is -0.397. The zero-order valence-electron chi connectivity index (χ0n) is 14.6. The van der Waals surface area contributed by atoms with E-state index >= 15 is 0 Å². The van der Waals surface area contributed by atoms with Crippen molar-refractivity contribution in [2.75, 3.05) is 32.8 Å². The number of hydrogen-bond donors (Lipinski definition) is 2. The van der Waals surface area contributed by atoms with E-state index in [1.54, 1.807) is 12.1 Å². The molecule has 1 aromatic carbocycles. The Morgan fingerprint density at radius 1 is 1.16 bits per heavy atom. The van der Waals surface area contributed by atoms with Gasteiger partial charge in [0.1, 0.15) is 0 Å². The van der Waals surface area contributed by atoms with Crippen molar-refractivity contribution < 1.29 is 14.7 Å². The van der Waals surface area contributed by atoms with Crippen LogP contribution in [0, 0.1) is 5.41 Å². The molecule has 1 spiro atoms. The maximum absolute atomic E-state index is 12.0. The molecule has 25 heavy (non-hydrogen) atoms. The normalized spacial score (nSPS) is 20.8. The molecule has 136 valence electrons. The second-order valence-electron chi connectivity index (χ2n) is 7.38. The van der Waals surface area contributed by atoms with Gasteiger partial charge < -0.3 is 15.7 Å². The molecular formula is C19H27N3O3. The average Bonchev–Trinajstić information content (AvgIpc) is 2.61. The maximum atomic E-state index is 12.0. The molecule has 0 saturated carbocycles. The van der Waals surface area contributed by atoms with Gasteiger partial charge in [0.25, 0.3) is 0 Å². The van der Waals surface area contributed by atoms with E-state index in [-0.39, 0.29) is 17.9 Å². The number of aliphatic hydroxyl groups is 1. The van der Waals surface area contributed by atoms with E-state index in [0.717, 1.165) is 45.4 Å². The molecule has 0 bridgehead atoms. The van der Waals surface area contributed by atoms with E-state index in [2.05, 4.69) is 4.90 Å². The smallest absolute Gasteiger partial charge is 0.248 e. The standard InChI is InChI=1S/C19H27N3O3/c20-18(25)16-3-1-15(2-4-16)13-21-9-7-19(8-10-21)6-5-17(24)22(14-19)11-12-23/h1-4,23H,5-14H2,(H2,20,25). The number of likely N-dealkylation sites (tertiary alicyclic amines) is 2.